The van der Waals surface area contributed by atoms with Crippen molar-refractivity contribution in [1.29, 1.82) is 0 Å². The number of hydrogen-bond acceptors (Lipinski definition) is 0. The Morgan fingerprint density at radius 3 is 1.85 bits per heavy atom. The van der Waals surface area contributed by atoms with Crippen LogP contribution in [-0.2, 0) is 0 Å². The van der Waals surface area contributed by atoms with Gasteiger partial charge >= 0.3 is 0 Å². The lowest BCUT2D eigenvalue weighted by molar-refractivity contribution is 0.115. The summed E-state index contributed by atoms with van der Waals surface area (Å²) in [5, 5.41) is 0. The molecule has 164 valence electrons. The predicted octanol–water partition coefficient (Wildman–Crippen LogP) is 8.73. The fourth-order valence-corrected chi connectivity index (χ4v) is 4.28. The molecule has 0 spiro atoms. The van der Waals surface area contributed by atoms with E-state index in [1.807, 2.05) is 6.92 Å². The topological polar surface area (TPSA) is 0 Å². The van der Waals surface area contributed by atoms with Crippen molar-refractivity contribution in [2.75, 3.05) is 6.67 Å². The summed E-state index contributed by atoms with van der Waals surface area (Å²) < 4.78 is 40.4. The Bertz CT molecular complexity index is 332. The molecule has 0 bridgehead atoms. The van der Waals surface area contributed by atoms with Gasteiger partial charge in [-0.25, -0.2) is 13.2 Å². The summed E-state index contributed by atoms with van der Waals surface area (Å²) in [6.45, 7) is 12.0. The third-order valence-corrected chi connectivity index (χ3v) is 6.81. The maximum absolute atomic E-state index is 14.2. The lowest BCUT2D eigenvalue weighted by Gasteiger charge is -2.29. The smallest absolute Gasteiger partial charge is 0.129 e. The molecule has 0 fully saturated rings. The fraction of sp³-hybridized carbons (Fsp3) is 1.00. The summed E-state index contributed by atoms with van der Waals surface area (Å²) in [5.41, 5.74) is 0. The average molecular weight is 393 g/mol. The maximum atomic E-state index is 14.2. The molecule has 0 nitrogen and oxygen atoms in total. The molecule has 0 heterocycles. The van der Waals surface area contributed by atoms with Crippen LogP contribution in [-0.4, -0.2) is 19.0 Å². The van der Waals surface area contributed by atoms with Gasteiger partial charge in [0.05, 0.1) is 0 Å². The first-order chi connectivity index (χ1) is 12.8. The summed E-state index contributed by atoms with van der Waals surface area (Å²) >= 11 is 0. The van der Waals surface area contributed by atoms with Crippen LogP contribution in [0, 0.1) is 29.6 Å². The second kappa shape index (κ2) is 15.7. The highest BCUT2D eigenvalue weighted by molar-refractivity contribution is 4.78. The zero-order valence-electron chi connectivity index (χ0n) is 19.0. The van der Waals surface area contributed by atoms with Crippen LogP contribution < -0.4 is 0 Å². The van der Waals surface area contributed by atoms with Crippen molar-refractivity contribution in [3.8, 4) is 0 Å². The van der Waals surface area contributed by atoms with Crippen molar-refractivity contribution in [1.82, 2.24) is 0 Å². The van der Waals surface area contributed by atoms with Crippen LogP contribution in [0.2, 0.25) is 0 Å². The second-order valence-electron chi connectivity index (χ2n) is 9.21. The Kier molecular flexibility index (Phi) is 15.6. The van der Waals surface area contributed by atoms with E-state index < -0.39 is 19.0 Å². The number of rotatable bonds is 17. The molecule has 3 heteroatoms. The van der Waals surface area contributed by atoms with Crippen molar-refractivity contribution in [2.24, 2.45) is 29.6 Å². The van der Waals surface area contributed by atoms with Gasteiger partial charge in [0, 0.05) is 0 Å². The minimum atomic E-state index is -1.44. The van der Waals surface area contributed by atoms with E-state index in [4.69, 9.17) is 0 Å². The molecule has 7 atom stereocenters. The van der Waals surface area contributed by atoms with Crippen molar-refractivity contribution in [2.45, 2.75) is 118 Å². The van der Waals surface area contributed by atoms with Crippen LogP contribution >= 0.6 is 0 Å². The molecule has 0 saturated heterocycles. The largest absolute Gasteiger partial charge is 0.248 e. The first-order valence-electron chi connectivity index (χ1n) is 11.6. The molecule has 27 heavy (non-hydrogen) atoms. The zero-order valence-corrected chi connectivity index (χ0v) is 19.0. The highest BCUT2D eigenvalue weighted by Crippen LogP contribution is 2.33. The number of halogens is 3. The summed E-state index contributed by atoms with van der Waals surface area (Å²) in [6, 6.07) is 0. The molecule has 0 rings (SSSR count). The summed E-state index contributed by atoms with van der Waals surface area (Å²) in [7, 11) is 0. The molecule has 0 aliphatic rings. The van der Waals surface area contributed by atoms with E-state index in [1.54, 1.807) is 6.92 Å². The van der Waals surface area contributed by atoms with Crippen molar-refractivity contribution >= 4 is 0 Å². The molecular weight excluding hydrogens is 345 g/mol. The quantitative estimate of drug-likeness (QED) is 0.217. The van der Waals surface area contributed by atoms with E-state index >= 15 is 0 Å². The Morgan fingerprint density at radius 2 is 1.33 bits per heavy atom. The molecule has 0 aromatic rings. The summed E-state index contributed by atoms with van der Waals surface area (Å²) in [5.74, 6) is 2.08. The van der Waals surface area contributed by atoms with Crippen LogP contribution in [0.25, 0.3) is 0 Å². The van der Waals surface area contributed by atoms with E-state index in [0.717, 1.165) is 43.9 Å². The normalized spacial score (nSPS) is 19.9. The third-order valence-electron chi connectivity index (χ3n) is 6.81. The van der Waals surface area contributed by atoms with E-state index in [9.17, 15) is 13.2 Å². The summed E-state index contributed by atoms with van der Waals surface area (Å²) in [6.07, 6.45) is 7.43. The van der Waals surface area contributed by atoms with Crippen LogP contribution in [0.15, 0.2) is 0 Å². The van der Waals surface area contributed by atoms with Crippen LogP contribution in [0.3, 0.4) is 0 Å². The molecule has 0 N–H and O–H groups in total. The van der Waals surface area contributed by atoms with Gasteiger partial charge in [-0.1, -0.05) is 86.0 Å². The zero-order chi connectivity index (χ0) is 20.8. The van der Waals surface area contributed by atoms with Crippen molar-refractivity contribution in [3.63, 3.8) is 0 Å². The van der Waals surface area contributed by atoms with Gasteiger partial charge in [0.25, 0.3) is 0 Å². The SMILES string of the molecule is CCCC(CC(F)CF)C(CCCCC(C)C(C)CCC(C)CC)C(C)F. The Balaban J connectivity index is 4.36. The number of alkyl halides is 3. The third kappa shape index (κ3) is 12.1. The van der Waals surface area contributed by atoms with E-state index in [0.29, 0.717) is 5.92 Å². The van der Waals surface area contributed by atoms with E-state index in [-0.39, 0.29) is 18.3 Å². The van der Waals surface area contributed by atoms with Crippen molar-refractivity contribution < 1.29 is 13.2 Å². The van der Waals surface area contributed by atoms with Gasteiger partial charge in [-0.3, -0.25) is 0 Å². The fourth-order valence-electron chi connectivity index (χ4n) is 4.28. The van der Waals surface area contributed by atoms with Crippen LogP contribution in [0.1, 0.15) is 106 Å². The first-order valence-corrected chi connectivity index (χ1v) is 11.6. The lowest BCUT2D eigenvalue weighted by Crippen LogP contribution is -2.26. The molecule has 0 radical (unpaired) electrons. The molecule has 0 aromatic heterocycles. The molecule has 0 aliphatic heterocycles. The Morgan fingerprint density at radius 1 is 0.741 bits per heavy atom. The number of unbranched alkanes of at least 4 members (excludes halogenated alkanes) is 1. The van der Waals surface area contributed by atoms with Gasteiger partial charge in [-0.05, 0) is 49.4 Å². The average Bonchev–Trinajstić information content (AvgIpc) is 2.64. The van der Waals surface area contributed by atoms with Gasteiger partial charge in [0.15, 0.2) is 0 Å². The highest BCUT2D eigenvalue weighted by atomic mass is 19.2. The van der Waals surface area contributed by atoms with E-state index in [2.05, 4.69) is 27.7 Å². The minimum Gasteiger partial charge on any atom is -0.248 e. The van der Waals surface area contributed by atoms with E-state index in [1.165, 1.54) is 25.7 Å². The molecule has 0 amide bonds. The second-order valence-corrected chi connectivity index (χ2v) is 9.21. The monoisotopic (exact) mass is 392 g/mol. The maximum Gasteiger partial charge on any atom is 0.129 e. The molecular formula is C24H47F3. The Hall–Kier alpha value is -0.210. The van der Waals surface area contributed by atoms with Crippen LogP contribution in [0.5, 0.6) is 0 Å². The standard InChI is InChI=1S/C24H47F3/c1-7-11-22(16-23(27)17-25)24(21(6)26)13-10-9-12-19(4)20(5)15-14-18(3)8-2/h18-24H,7-17H2,1-6H3. The van der Waals surface area contributed by atoms with Gasteiger partial charge in [-0.2, -0.15) is 0 Å². The lowest BCUT2D eigenvalue weighted by atomic mass is 9.78. The molecule has 7 unspecified atom stereocenters. The predicted molar refractivity (Wildman–Crippen MR) is 113 cm³/mol. The van der Waals surface area contributed by atoms with Gasteiger partial charge in [0.1, 0.15) is 19.0 Å². The molecule has 0 saturated carbocycles. The van der Waals surface area contributed by atoms with Crippen molar-refractivity contribution in [3.05, 3.63) is 0 Å². The summed E-state index contributed by atoms with van der Waals surface area (Å²) in [4.78, 5) is 0. The minimum absolute atomic E-state index is 0.0346. The highest BCUT2D eigenvalue weighted by Gasteiger charge is 2.28. The Labute approximate surface area is 168 Å². The van der Waals surface area contributed by atoms with Crippen LogP contribution in [0.4, 0.5) is 13.2 Å². The first kappa shape index (κ1) is 26.8. The van der Waals surface area contributed by atoms with Gasteiger partial charge in [-0.15, -0.1) is 0 Å². The molecule has 0 aromatic carbocycles. The van der Waals surface area contributed by atoms with Gasteiger partial charge < -0.3 is 0 Å². The number of hydrogen-bond donors (Lipinski definition) is 0. The molecule has 0 aliphatic carbocycles. The van der Waals surface area contributed by atoms with Gasteiger partial charge in [0.2, 0.25) is 0 Å².